The van der Waals surface area contributed by atoms with Crippen LogP contribution >= 0.6 is 0 Å². The van der Waals surface area contributed by atoms with Gasteiger partial charge in [0, 0.05) is 23.7 Å². The van der Waals surface area contributed by atoms with Crippen LogP contribution < -0.4 is 14.8 Å². The first-order valence-corrected chi connectivity index (χ1v) is 13.1. The fourth-order valence-electron chi connectivity index (χ4n) is 3.09. The largest absolute Gasteiger partial charge is 0.506 e. The highest BCUT2D eigenvalue weighted by Crippen LogP contribution is 2.31. The van der Waals surface area contributed by atoms with Crippen molar-refractivity contribution in [1.82, 2.24) is 4.98 Å². The molecule has 1 aromatic heterocycles. The lowest BCUT2D eigenvalue weighted by atomic mass is 10.1. The van der Waals surface area contributed by atoms with E-state index >= 15 is 0 Å². The molecule has 166 valence electrons. The van der Waals surface area contributed by atoms with Crippen molar-refractivity contribution in [2.75, 3.05) is 33.8 Å². The molecule has 3 aromatic rings. The number of rotatable bonds is 8. The molecule has 9 nitrogen and oxygen atoms in total. The Bertz CT molecular complexity index is 1320. The Hall–Kier alpha value is -3.05. The monoisotopic (exact) mass is 464 g/mol. The summed E-state index contributed by atoms with van der Waals surface area (Å²) < 4.78 is 50.2. The molecule has 3 rings (SSSR count). The Morgan fingerprint density at radius 3 is 2.19 bits per heavy atom. The second-order valence-electron chi connectivity index (χ2n) is 7.33. The number of hydrogen-bond acceptors (Lipinski definition) is 7. The lowest BCUT2D eigenvalue weighted by Gasteiger charge is -2.12. The molecule has 0 aliphatic rings. The van der Waals surface area contributed by atoms with Gasteiger partial charge in [0.2, 0.25) is 20.0 Å². The maximum atomic E-state index is 11.5. The van der Waals surface area contributed by atoms with Crippen LogP contribution in [0.15, 0.2) is 42.5 Å². The molecule has 11 heteroatoms. The molecule has 0 radical (unpaired) electrons. The average Bonchev–Trinajstić information content (AvgIpc) is 2.62. The quantitative estimate of drug-likeness (QED) is 0.376. The van der Waals surface area contributed by atoms with Gasteiger partial charge in [-0.05, 0) is 48.7 Å². The van der Waals surface area contributed by atoms with Crippen molar-refractivity contribution in [3.05, 3.63) is 53.6 Å². The zero-order chi connectivity index (χ0) is 22.8. The number of aromatic hydroxyl groups is 1. The van der Waals surface area contributed by atoms with Crippen LogP contribution in [0.4, 0.5) is 17.2 Å². The lowest BCUT2D eigenvalue weighted by Crippen LogP contribution is -2.10. The van der Waals surface area contributed by atoms with Gasteiger partial charge in [0.25, 0.3) is 0 Å². The number of aromatic nitrogens is 1. The fraction of sp³-hybridized carbons (Fsp3) is 0.250. The Balaban J connectivity index is 1.70. The first-order chi connectivity index (χ1) is 14.4. The van der Waals surface area contributed by atoms with E-state index in [9.17, 15) is 21.9 Å². The molecule has 0 saturated heterocycles. The number of phenols is 1. The predicted molar refractivity (Wildman–Crippen MR) is 124 cm³/mol. The van der Waals surface area contributed by atoms with Gasteiger partial charge in [0.05, 0.1) is 23.7 Å². The number of anilines is 3. The van der Waals surface area contributed by atoms with Crippen molar-refractivity contribution in [3.8, 4) is 5.75 Å². The molecule has 0 fully saturated rings. The van der Waals surface area contributed by atoms with Crippen LogP contribution in [0.1, 0.15) is 11.1 Å². The van der Waals surface area contributed by atoms with Crippen molar-refractivity contribution in [2.24, 2.45) is 0 Å². The summed E-state index contributed by atoms with van der Waals surface area (Å²) in [4.78, 5) is 4.50. The zero-order valence-electron chi connectivity index (χ0n) is 17.3. The van der Waals surface area contributed by atoms with Crippen molar-refractivity contribution < 1.29 is 21.9 Å². The van der Waals surface area contributed by atoms with E-state index in [-0.39, 0.29) is 11.4 Å². The smallest absolute Gasteiger partial charge is 0.229 e. The number of hydrogen-bond donors (Lipinski definition) is 4. The van der Waals surface area contributed by atoms with Crippen LogP contribution in [-0.4, -0.2) is 46.0 Å². The van der Waals surface area contributed by atoms with Crippen molar-refractivity contribution in [3.63, 3.8) is 0 Å². The Morgan fingerprint density at radius 1 is 0.935 bits per heavy atom. The van der Waals surface area contributed by atoms with E-state index in [1.807, 2.05) is 25.1 Å². The molecule has 2 aromatic carbocycles. The zero-order valence-corrected chi connectivity index (χ0v) is 18.9. The van der Waals surface area contributed by atoms with Gasteiger partial charge in [0.1, 0.15) is 11.6 Å². The van der Waals surface area contributed by atoms with Gasteiger partial charge in [0.15, 0.2) is 0 Å². The van der Waals surface area contributed by atoms with Crippen LogP contribution in [0.25, 0.3) is 10.9 Å². The van der Waals surface area contributed by atoms with E-state index in [0.717, 1.165) is 29.0 Å². The Morgan fingerprint density at radius 2 is 1.58 bits per heavy atom. The minimum atomic E-state index is -3.52. The molecule has 4 N–H and O–H groups in total. The SMILES string of the molecule is Cc1cc(NCCc2ccc(NS(C)(=O)=O)cc2)nc2cc(O)c(NS(C)(=O)=O)cc12. The summed E-state index contributed by atoms with van der Waals surface area (Å²) >= 11 is 0. The van der Waals surface area contributed by atoms with Gasteiger partial charge >= 0.3 is 0 Å². The summed E-state index contributed by atoms with van der Waals surface area (Å²) in [6.07, 6.45) is 2.82. The predicted octanol–water partition coefficient (Wildman–Crippen LogP) is 2.65. The highest BCUT2D eigenvalue weighted by molar-refractivity contribution is 7.92. The molecule has 0 aliphatic heterocycles. The highest BCUT2D eigenvalue weighted by Gasteiger charge is 2.12. The van der Waals surface area contributed by atoms with Gasteiger partial charge in [-0.2, -0.15) is 0 Å². The molecule has 0 unspecified atom stereocenters. The van der Waals surface area contributed by atoms with E-state index < -0.39 is 20.0 Å². The van der Waals surface area contributed by atoms with E-state index in [1.54, 1.807) is 18.2 Å². The molecule has 0 bridgehead atoms. The summed E-state index contributed by atoms with van der Waals surface area (Å²) in [5.74, 6) is 0.424. The number of nitrogens with zero attached hydrogens (tertiary/aromatic N) is 1. The maximum Gasteiger partial charge on any atom is 0.229 e. The number of pyridine rings is 1. The molecule has 0 spiro atoms. The van der Waals surface area contributed by atoms with Crippen LogP contribution in [0.2, 0.25) is 0 Å². The van der Waals surface area contributed by atoms with Gasteiger partial charge in [-0.1, -0.05) is 12.1 Å². The summed E-state index contributed by atoms with van der Waals surface area (Å²) in [7, 11) is -6.82. The minimum Gasteiger partial charge on any atom is -0.506 e. The molecule has 0 amide bonds. The fourth-order valence-corrected chi connectivity index (χ4v) is 4.22. The number of aryl methyl sites for hydroxylation is 1. The minimum absolute atomic E-state index is 0.106. The Labute approximate surface area is 181 Å². The average molecular weight is 465 g/mol. The van der Waals surface area contributed by atoms with Crippen LogP contribution in [0.3, 0.4) is 0 Å². The number of benzene rings is 2. The van der Waals surface area contributed by atoms with Crippen molar-refractivity contribution in [1.29, 1.82) is 0 Å². The maximum absolute atomic E-state index is 11.5. The second kappa shape index (κ2) is 8.60. The summed E-state index contributed by atoms with van der Waals surface area (Å²) in [5.41, 5.74) is 3.05. The van der Waals surface area contributed by atoms with Crippen molar-refractivity contribution in [2.45, 2.75) is 13.3 Å². The Kier molecular flexibility index (Phi) is 6.27. The number of sulfonamides is 2. The summed E-state index contributed by atoms with van der Waals surface area (Å²) in [5, 5.41) is 14.1. The molecular formula is C20H24N4O5S2. The van der Waals surface area contributed by atoms with Gasteiger partial charge in [-0.25, -0.2) is 21.8 Å². The normalized spacial score (nSPS) is 12.0. The lowest BCUT2D eigenvalue weighted by molar-refractivity contribution is 0.478. The topological polar surface area (TPSA) is 137 Å². The van der Waals surface area contributed by atoms with Crippen LogP contribution in [0, 0.1) is 6.92 Å². The van der Waals surface area contributed by atoms with Gasteiger partial charge < -0.3 is 10.4 Å². The summed E-state index contributed by atoms with van der Waals surface area (Å²) in [6.45, 7) is 2.47. The third kappa shape index (κ3) is 6.46. The molecule has 0 atom stereocenters. The number of nitrogens with one attached hydrogen (secondary N) is 3. The van der Waals surface area contributed by atoms with Crippen molar-refractivity contribution >= 4 is 48.1 Å². The van der Waals surface area contributed by atoms with Crippen LogP contribution in [-0.2, 0) is 26.5 Å². The molecular weight excluding hydrogens is 440 g/mol. The number of phenolic OH excluding ortho intramolecular Hbond substituents is 1. The molecule has 1 heterocycles. The summed E-state index contributed by atoms with van der Waals surface area (Å²) in [6, 6.07) is 12.0. The number of fused-ring (bicyclic) bond motifs is 1. The molecule has 0 aliphatic carbocycles. The third-order valence-corrected chi connectivity index (χ3v) is 5.60. The van der Waals surface area contributed by atoms with E-state index in [0.29, 0.717) is 30.0 Å². The first-order valence-electron chi connectivity index (χ1n) is 9.32. The van der Waals surface area contributed by atoms with E-state index in [1.165, 1.54) is 6.07 Å². The van der Waals surface area contributed by atoms with E-state index in [4.69, 9.17) is 0 Å². The first kappa shape index (κ1) is 22.6. The van der Waals surface area contributed by atoms with Crippen LogP contribution in [0.5, 0.6) is 5.75 Å². The second-order valence-corrected chi connectivity index (χ2v) is 10.8. The van der Waals surface area contributed by atoms with Gasteiger partial charge in [-0.3, -0.25) is 9.44 Å². The molecule has 31 heavy (non-hydrogen) atoms. The van der Waals surface area contributed by atoms with E-state index in [2.05, 4.69) is 19.7 Å². The highest BCUT2D eigenvalue weighted by atomic mass is 32.2. The standard InChI is InChI=1S/C20H24N4O5S2/c1-13-10-20(21-9-8-14-4-6-15(7-5-14)23-30(2,26)27)22-17-12-19(25)18(11-16(13)17)24-31(3,28)29/h4-7,10-12,23-25H,8-9H2,1-3H3,(H,21,22). The third-order valence-electron chi connectivity index (χ3n) is 4.41. The molecule has 0 saturated carbocycles. The van der Waals surface area contributed by atoms with Gasteiger partial charge in [-0.15, -0.1) is 0 Å².